The minimum Gasteiger partial charge on any atom is -0.214 e. The summed E-state index contributed by atoms with van der Waals surface area (Å²) in [6.45, 7) is 0. The molecule has 0 saturated heterocycles. The Balaban J connectivity index is 0.000000259. The predicted molar refractivity (Wildman–Crippen MR) is 79.5 cm³/mol. The summed E-state index contributed by atoms with van der Waals surface area (Å²) in [5.41, 5.74) is 0. The molecule has 2 aromatic rings. The first-order chi connectivity index (χ1) is 9.00. The normalized spacial score (nSPS) is 12.6. The SMILES string of the molecule is C1#CCCCCCC1.[Fe+2].c1cc[cH-]c1.c1cc[cH-]c1. The van der Waals surface area contributed by atoms with Gasteiger partial charge in [0.1, 0.15) is 0 Å². The second-order valence-corrected chi connectivity index (χ2v) is 4.19. The molecule has 2 aromatic carbocycles. The Bertz CT molecular complexity index is 314. The fraction of sp³-hybridized carbons (Fsp3) is 0.333. The molecule has 1 heteroatoms. The maximum Gasteiger partial charge on any atom is 2.00 e. The maximum atomic E-state index is 3.14. The fourth-order valence-corrected chi connectivity index (χ4v) is 1.60. The molecule has 0 aliphatic heterocycles. The summed E-state index contributed by atoms with van der Waals surface area (Å²) < 4.78 is 0. The minimum atomic E-state index is 0. The maximum absolute atomic E-state index is 3.14. The molecule has 1 aliphatic carbocycles. The molecule has 0 atom stereocenters. The predicted octanol–water partition coefficient (Wildman–Crippen LogP) is 5.15. The van der Waals surface area contributed by atoms with Gasteiger partial charge in [-0.1, -0.05) is 12.8 Å². The zero-order valence-electron chi connectivity index (χ0n) is 11.4. The van der Waals surface area contributed by atoms with Crippen molar-refractivity contribution in [3.8, 4) is 11.8 Å². The molecule has 0 saturated carbocycles. The van der Waals surface area contributed by atoms with Crippen LogP contribution in [0.3, 0.4) is 0 Å². The summed E-state index contributed by atoms with van der Waals surface area (Å²) in [5, 5.41) is 0. The van der Waals surface area contributed by atoms with Gasteiger partial charge in [0.2, 0.25) is 0 Å². The van der Waals surface area contributed by atoms with Crippen molar-refractivity contribution < 1.29 is 17.1 Å². The van der Waals surface area contributed by atoms with Gasteiger partial charge in [-0.3, -0.25) is 0 Å². The third-order valence-corrected chi connectivity index (χ3v) is 2.59. The van der Waals surface area contributed by atoms with E-state index >= 15 is 0 Å². The zero-order chi connectivity index (χ0) is 12.7. The quantitative estimate of drug-likeness (QED) is 0.358. The van der Waals surface area contributed by atoms with Crippen LogP contribution in [-0.4, -0.2) is 0 Å². The van der Waals surface area contributed by atoms with Gasteiger partial charge in [0.25, 0.3) is 0 Å². The molecule has 0 heterocycles. The third-order valence-electron chi connectivity index (χ3n) is 2.59. The van der Waals surface area contributed by atoms with E-state index in [4.69, 9.17) is 0 Å². The first kappa shape index (κ1) is 17.8. The monoisotopic (exact) mass is 294 g/mol. The van der Waals surface area contributed by atoms with Gasteiger partial charge in [-0.05, 0) is 12.8 Å². The van der Waals surface area contributed by atoms with E-state index in [1.807, 2.05) is 60.7 Å². The van der Waals surface area contributed by atoms with Crippen molar-refractivity contribution in [1.29, 1.82) is 0 Å². The van der Waals surface area contributed by atoms with Crippen LogP contribution in [0.1, 0.15) is 38.5 Å². The molecular weight excluding hydrogens is 272 g/mol. The Hall–Kier alpha value is -1.22. The van der Waals surface area contributed by atoms with Gasteiger partial charge in [-0.15, -0.1) is 11.8 Å². The molecule has 102 valence electrons. The standard InChI is InChI=1S/C8H12.2C5H5.Fe/c1-2-4-6-8-7-5-3-1;2*1-2-4-5-3-1;/h1-6H2;2*1-5H;/q;2*-1;+2. The second kappa shape index (κ2) is 14.8. The molecule has 0 unspecified atom stereocenters. The van der Waals surface area contributed by atoms with E-state index in [9.17, 15) is 0 Å². The molecule has 19 heavy (non-hydrogen) atoms. The van der Waals surface area contributed by atoms with E-state index in [1.165, 1.54) is 25.7 Å². The topological polar surface area (TPSA) is 0 Å². The molecular formula is C18H22Fe. The van der Waals surface area contributed by atoms with Crippen LogP contribution >= 0.6 is 0 Å². The van der Waals surface area contributed by atoms with E-state index in [2.05, 4.69) is 11.8 Å². The van der Waals surface area contributed by atoms with Crippen molar-refractivity contribution in [1.82, 2.24) is 0 Å². The van der Waals surface area contributed by atoms with E-state index in [-0.39, 0.29) is 17.1 Å². The van der Waals surface area contributed by atoms with E-state index in [1.54, 1.807) is 0 Å². The third kappa shape index (κ3) is 13.0. The van der Waals surface area contributed by atoms with Gasteiger partial charge >= 0.3 is 17.1 Å². The first-order valence-electron chi connectivity index (χ1n) is 6.79. The number of hydrogen-bond acceptors (Lipinski definition) is 0. The van der Waals surface area contributed by atoms with Crippen molar-refractivity contribution in [2.24, 2.45) is 0 Å². The van der Waals surface area contributed by atoms with Crippen LogP contribution in [0, 0.1) is 11.8 Å². The smallest absolute Gasteiger partial charge is 0.214 e. The van der Waals surface area contributed by atoms with Crippen molar-refractivity contribution in [3.05, 3.63) is 60.7 Å². The molecule has 0 fully saturated rings. The fourth-order valence-electron chi connectivity index (χ4n) is 1.60. The van der Waals surface area contributed by atoms with Crippen LogP contribution in [0.4, 0.5) is 0 Å². The van der Waals surface area contributed by atoms with E-state index in [0.717, 1.165) is 12.8 Å². The van der Waals surface area contributed by atoms with Crippen LogP contribution in [-0.2, 0) is 17.1 Å². The molecule has 0 aromatic heterocycles. The summed E-state index contributed by atoms with van der Waals surface area (Å²) in [7, 11) is 0. The minimum absolute atomic E-state index is 0. The van der Waals surface area contributed by atoms with Gasteiger partial charge < -0.3 is 0 Å². The van der Waals surface area contributed by atoms with Crippen molar-refractivity contribution in [2.75, 3.05) is 0 Å². The Morgan fingerprint density at radius 2 is 0.947 bits per heavy atom. The van der Waals surface area contributed by atoms with Gasteiger partial charge in [0.05, 0.1) is 0 Å². The summed E-state index contributed by atoms with van der Waals surface area (Å²) in [5.74, 6) is 6.27. The summed E-state index contributed by atoms with van der Waals surface area (Å²) >= 11 is 0. The van der Waals surface area contributed by atoms with E-state index in [0.29, 0.717) is 0 Å². The van der Waals surface area contributed by atoms with Crippen LogP contribution in [0.2, 0.25) is 0 Å². The van der Waals surface area contributed by atoms with Gasteiger partial charge in [0.15, 0.2) is 0 Å². The average Bonchev–Trinajstić information content (AvgIpc) is 3.08. The largest absolute Gasteiger partial charge is 2.00 e. The van der Waals surface area contributed by atoms with E-state index < -0.39 is 0 Å². The Labute approximate surface area is 128 Å². The average molecular weight is 294 g/mol. The summed E-state index contributed by atoms with van der Waals surface area (Å²) in [6.07, 6.45) is 7.73. The van der Waals surface area contributed by atoms with Crippen LogP contribution in [0.15, 0.2) is 60.7 Å². The molecule has 0 bridgehead atoms. The van der Waals surface area contributed by atoms with Gasteiger partial charge in [0, 0.05) is 12.8 Å². The van der Waals surface area contributed by atoms with Crippen LogP contribution < -0.4 is 0 Å². The van der Waals surface area contributed by atoms with Gasteiger partial charge in [-0.25, -0.2) is 24.3 Å². The van der Waals surface area contributed by atoms with Crippen molar-refractivity contribution in [3.63, 3.8) is 0 Å². The first-order valence-corrected chi connectivity index (χ1v) is 6.79. The molecule has 3 rings (SSSR count). The Kier molecular flexibility index (Phi) is 13.9. The van der Waals surface area contributed by atoms with Crippen LogP contribution in [0.25, 0.3) is 0 Å². The second-order valence-electron chi connectivity index (χ2n) is 4.19. The van der Waals surface area contributed by atoms with Crippen LogP contribution in [0.5, 0.6) is 0 Å². The zero-order valence-corrected chi connectivity index (χ0v) is 12.5. The number of rotatable bonds is 0. The molecule has 0 nitrogen and oxygen atoms in total. The molecule has 1 aliphatic rings. The Morgan fingerprint density at radius 1 is 0.579 bits per heavy atom. The molecule has 0 N–H and O–H groups in total. The molecule has 0 amide bonds. The van der Waals surface area contributed by atoms with Gasteiger partial charge in [-0.2, -0.15) is 36.4 Å². The van der Waals surface area contributed by atoms with Crippen molar-refractivity contribution >= 4 is 0 Å². The Morgan fingerprint density at radius 3 is 1.21 bits per heavy atom. The molecule has 0 spiro atoms. The summed E-state index contributed by atoms with van der Waals surface area (Å²) in [6, 6.07) is 20.0. The number of hydrogen-bond donors (Lipinski definition) is 0. The van der Waals surface area contributed by atoms with Crippen molar-refractivity contribution in [2.45, 2.75) is 38.5 Å². The molecule has 0 radical (unpaired) electrons. The summed E-state index contributed by atoms with van der Waals surface area (Å²) in [4.78, 5) is 0.